The molecule has 3 heterocycles. The van der Waals surface area contributed by atoms with Crippen molar-refractivity contribution in [2.75, 3.05) is 0 Å². The molecule has 0 unspecified atom stereocenters. The molecule has 168 valence electrons. The third kappa shape index (κ3) is 5.86. The molecule has 0 aromatic carbocycles. The van der Waals surface area contributed by atoms with Crippen molar-refractivity contribution in [3.05, 3.63) is 49.1 Å². The minimum Gasteiger partial charge on any atom is -0.380 e. The molecule has 0 saturated carbocycles. The fraction of sp³-hybridized carbons (Fsp3) is 0.500. The van der Waals surface area contributed by atoms with Gasteiger partial charge < -0.3 is 14.3 Å². The Morgan fingerprint density at radius 2 is 0.871 bits per heavy atom. The van der Waals surface area contributed by atoms with Crippen molar-refractivity contribution in [3.8, 4) is 0 Å². The van der Waals surface area contributed by atoms with Crippen molar-refractivity contribution >= 4 is 55.1 Å². The Morgan fingerprint density at radius 1 is 0.613 bits per heavy atom. The minimum atomic E-state index is -1.23. The molecule has 3 aromatic heterocycles. The first-order valence-electron chi connectivity index (χ1n) is 9.81. The van der Waals surface area contributed by atoms with Crippen LogP contribution in [-0.2, 0) is 0 Å². The Labute approximate surface area is 206 Å². The number of nitrogens with zero attached hydrogens (tertiary/aromatic N) is 6. The van der Waals surface area contributed by atoms with E-state index in [9.17, 15) is 0 Å². The van der Waals surface area contributed by atoms with Gasteiger partial charge in [0.2, 0.25) is 0 Å². The molecular weight excluding hydrogens is 599 g/mol. The molecule has 0 saturated heterocycles. The zero-order valence-electron chi connectivity index (χ0n) is 18.1. The lowest BCUT2D eigenvalue weighted by molar-refractivity contribution is 0.0390. The van der Waals surface area contributed by atoms with Gasteiger partial charge in [0.15, 0.2) is 0 Å². The Kier molecular flexibility index (Phi) is 7.79. The lowest BCUT2D eigenvalue weighted by atomic mass is 10.1. The molecule has 9 nitrogen and oxygen atoms in total. The monoisotopic (exact) mass is 620 g/mol. The molecule has 0 amide bonds. The number of aromatic nitrogens is 6. The number of rotatable bonds is 9. The van der Waals surface area contributed by atoms with Crippen molar-refractivity contribution in [1.29, 1.82) is 0 Å². The van der Waals surface area contributed by atoms with E-state index in [-0.39, 0.29) is 17.8 Å². The normalized spacial score (nSPS) is 11.6. The summed E-state index contributed by atoms with van der Waals surface area (Å²) in [6, 6.07) is 0. The van der Waals surface area contributed by atoms with Crippen LogP contribution in [-0.4, -0.2) is 37.2 Å². The molecule has 0 aliphatic rings. The average Bonchev–Trinajstić information content (AvgIpc) is 3.32. The smallest absolute Gasteiger partial charge is 0.380 e. The molecule has 0 aliphatic carbocycles. The second-order valence-electron chi connectivity index (χ2n) is 7.86. The fourth-order valence-corrected chi connectivity index (χ4v) is 4.83. The van der Waals surface area contributed by atoms with Gasteiger partial charge in [-0.15, -0.1) is 29.8 Å². The SMILES string of the molecule is CC(C)c1nn(OB(On2cc(Br)c(C(C)C)n2)On2cc(Br)c(C(C)C)n2)cc1Br. The Bertz CT molecular complexity index is 904. The molecule has 0 radical (unpaired) electrons. The third-order valence-corrected chi connectivity index (χ3v) is 6.08. The van der Waals surface area contributed by atoms with Gasteiger partial charge in [-0.3, -0.25) is 0 Å². The van der Waals surface area contributed by atoms with E-state index in [1.54, 1.807) is 18.6 Å². The summed E-state index contributed by atoms with van der Waals surface area (Å²) in [5, 5.41) is 13.3. The third-order valence-electron chi connectivity index (χ3n) is 4.25. The van der Waals surface area contributed by atoms with Gasteiger partial charge in [-0.25, -0.2) is 0 Å². The first-order valence-corrected chi connectivity index (χ1v) is 12.2. The lowest BCUT2D eigenvalue weighted by Crippen LogP contribution is -2.49. The molecule has 13 heteroatoms. The summed E-state index contributed by atoms with van der Waals surface area (Å²) >= 11 is 10.5. The van der Waals surface area contributed by atoms with Crippen LogP contribution in [0.25, 0.3) is 0 Å². The van der Waals surface area contributed by atoms with E-state index in [0.29, 0.717) is 0 Å². The van der Waals surface area contributed by atoms with E-state index < -0.39 is 7.32 Å². The van der Waals surface area contributed by atoms with E-state index >= 15 is 0 Å². The van der Waals surface area contributed by atoms with Crippen molar-refractivity contribution in [2.45, 2.75) is 59.3 Å². The van der Waals surface area contributed by atoms with Gasteiger partial charge in [0, 0.05) is 0 Å². The molecule has 0 atom stereocenters. The topological polar surface area (TPSA) is 81.1 Å². The molecule has 0 aliphatic heterocycles. The van der Waals surface area contributed by atoms with E-state index in [1.165, 1.54) is 14.5 Å². The van der Waals surface area contributed by atoms with Crippen molar-refractivity contribution in [2.24, 2.45) is 0 Å². The molecule has 3 aromatic rings. The highest BCUT2D eigenvalue weighted by Gasteiger charge is 2.36. The Balaban J connectivity index is 1.87. The summed E-state index contributed by atoms with van der Waals surface area (Å²) in [5.41, 5.74) is 2.56. The largest absolute Gasteiger partial charge is 0.929 e. The van der Waals surface area contributed by atoms with Gasteiger partial charge in [0.1, 0.15) is 0 Å². The van der Waals surface area contributed by atoms with Gasteiger partial charge in [0.05, 0.1) is 49.1 Å². The summed E-state index contributed by atoms with van der Waals surface area (Å²) < 4.78 is 20.0. The highest BCUT2D eigenvalue weighted by molar-refractivity contribution is 9.11. The van der Waals surface area contributed by atoms with Crippen LogP contribution in [0.2, 0.25) is 0 Å². The van der Waals surface area contributed by atoms with Gasteiger partial charge in [0.25, 0.3) is 0 Å². The predicted octanol–water partition coefficient (Wildman–Crippen LogP) is 4.60. The maximum absolute atomic E-state index is 5.83. The summed E-state index contributed by atoms with van der Waals surface area (Å²) in [4.78, 5) is 3.90. The quantitative estimate of drug-likeness (QED) is 0.325. The zero-order chi connectivity index (χ0) is 22.9. The average molecular weight is 623 g/mol. The van der Waals surface area contributed by atoms with Gasteiger partial charge in [-0.1, -0.05) is 41.5 Å². The Hall–Kier alpha value is -1.47. The highest BCUT2D eigenvalue weighted by atomic mass is 79.9. The summed E-state index contributed by atoms with van der Waals surface area (Å²) in [6.07, 6.45) is 5.10. The first kappa shape index (κ1) is 24.2. The molecule has 31 heavy (non-hydrogen) atoms. The highest BCUT2D eigenvalue weighted by Crippen LogP contribution is 2.24. The van der Waals surface area contributed by atoms with Gasteiger partial charge in [-0.2, -0.15) is 0 Å². The second kappa shape index (κ2) is 9.99. The van der Waals surface area contributed by atoms with E-state index in [2.05, 4.69) is 63.1 Å². The summed E-state index contributed by atoms with van der Waals surface area (Å²) in [7, 11) is -1.23. The second-order valence-corrected chi connectivity index (χ2v) is 10.4. The molecular formula is C18H24BBr3N6O3. The predicted molar refractivity (Wildman–Crippen MR) is 128 cm³/mol. The van der Waals surface area contributed by atoms with Gasteiger partial charge in [-0.05, 0) is 65.5 Å². The summed E-state index contributed by atoms with van der Waals surface area (Å²) in [6.45, 7) is 12.3. The minimum absolute atomic E-state index is 0.214. The van der Waals surface area contributed by atoms with Crippen LogP contribution in [0.4, 0.5) is 0 Å². The maximum Gasteiger partial charge on any atom is 0.929 e. The van der Waals surface area contributed by atoms with Crippen LogP contribution in [0.1, 0.15) is 76.4 Å². The molecule has 0 bridgehead atoms. The molecule has 0 spiro atoms. The van der Waals surface area contributed by atoms with E-state index in [4.69, 9.17) is 14.3 Å². The number of hydrogen-bond donors (Lipinski definition) is 0. The standard InChI is InChI=1S/C18H24BBr3N6O3/c1-10(2)16-13(20)7-26(23-16)29-19(30-27-8-14(21)17(24-27)11(3)4)31-28-9-15(22)18(25-28)12(5)6/h7-12H,1-6H3. The number of hydrogen-bond acceptors (Lipinski definition) is 6. The zero-order valence-corrected chi connectivity index (χ0v) is 22.8. The van der Waals surface area contributed by atoms with Crippen LogP contribution >= 0.6 is 47.8 Å². The van der Waals surface area contributed by atoms with Gasteiger partial charge >= 0.3 is 7.32 Å². The van der Waals surface area contributed by atoms with Crippen molar-refractivity contribution in [3.63, 3.8) is 0 Å². The molecule has 3 rings (SSSR count). The van der Waals surface area contributed by atoms with Crippen molar-refractivity contribution < 1.29 is 14.3 Å². The molecule has 0 fully saturated rings. The maximum atomic E-state index is 5.83. The van der Waals surface area contributed by atoms with E-state index in [0.717, 1.165) is 30.5 Å². The van der Waals surface area contributed by atoms with Crippen LogP contribution in [0.15, 0.2) is 32.0 Å². The van der Waals surface area contributed by atoms with Crippen LogP contribution in [0.5, 0.6) is 0 Å². The first-order chi connectivity index (χ1) is 14.5. The van der Waals surface area contributed by atoms with Crippen molar-refractivity contribution in [1.82, 2.24) is 29.8 Å². The fourth-order valence-electron chi connectivity index (χ4n) is 2.70. The lowest BCUT2D eigenvalue weighted by Gasteiger charge is -2.14. The van der Waals surface area contributed by atoms with Crippen LogP contribution < -0.4 is 14.3 Å². The van der Waals surface area contributed by atoms with E-state index in [1.807, 2.05) is 41.5 Å². The van der Waals surface area contributed by atoms with Crippen LogP contribution in [0.3, 0.4) is 0 Å². The molecule has 0 N–H and O–H groups in total. The summed E-state index contributed by atoms with van der Waals surface area (Å²) in [5.74, 6) is 0.641. The Morgan fingerprint density at radius 3 is 1.06 bits per heavy atom. The number of halogens is 3. The van der Waals surface area contributed by atoms with Crippen LogP contribution in [0, 0.1) is 0 Å².